The first-order valence-electron chi connectivity index (χ1n) is 7.98. The second-order valence-electron chi connectivity index (χ2n) is 6.23. The molecule has 1 N–H and O–H groups in total. The van der Waals surface area contributed by atoms with Gasteiger partial charge in [-0.2, -0.15) is 0 Å². The topological polar surface area (TPSA) is 56.2 Å². The highest BCUT2D eigenvalue weighted by atomic mass is 16.5. The first kappa shape index (κ1) is 14.8. The fourth-order valence-electron chi connectivity index (χ4n) is 3.53. The van der Waals surface area contributed by atoms with Crippen molar-refractivity contribution in [3.8, 4) is 5.75 Å². The lowest BCUT2D eigenvalue weighted by Gasteiger charge is -2.26. The van der Waals surface area contributed by atoms with Crippen LogP contribution < -0.4 is 10.1 Å². The number of hydrogen-bond donors (Lipinski definition) is 1. The lowest BCUT2D eigenvalue weighted by Crippen LogP contribution is -2.25. The Morgan fingerprint density at radius 1 is 1.29 bits per heavy atom. The minimum atomic E-state index is -0.0595. The van der Waals surface area contributed by atoms with Crippen LogP contribution in [0.25, 0.3) is 11.0 Å². The van der Waals surface area contributed by atoms with Gasteiger partial charge in [-0.3, -0.25) is 4.79 Å². The summed E-state index contributed by atoms with van der Waals surface area (Å²) in [7, 11) is 3.65. The number of methoxy groups -OCH3 is 1. The first-order chi connectivity index (χ1) is 11.6. The smallest absolute Gasteiger partial charge is 0.225 e. The fourth-order valence-corrected chi connectivity index (χ4v) is 3.53. The molecule has 24 heavy (non-hydrogen) atoms. The van der Waals surface area contributed by atoms with Crippen LogP contribution in [0.4, 0.5) is 5.69 Å². The minimum Gasteiger partial charge on any atom is -0.496 e. The lowest BCUT2D eigenvalue weighted by atomic mass is 9.88. The van der Waals surface area contributed by atoms with Crippen LogP contribution in [0.5, 0.6) is 5.75 Å². The first-order valence-corrected chi connectivity index (χ1v) is 7.98. The Morgan fingerprint density at radius 3 is 2.83 bits per heavy atom. The average Bonchev–Trinajstić information content (AvgIpc) is 2.91. The van der Waals surface area contributed by atoms with E-state index in [0.29, 0.717) is 6.42 Å². The maximum absolute atomic E-state index is 12.2. The molecule has 122 valence electrons. The van der Waals surface area contributed by atoms with E-state index in [-0.39, 0.29) is 11.8 Å². The van der Waals surface area contributed by atoms with E-state index in [9.17, 15) is 4.79 Å². The number of carbonyl (C=O) groups excluding carboxylic acids is 1. The molecule has 1 amide bonds. The Hall–Kier alpha value is -2.82. The number of amides is 1. The zero-order chi connectivity index (χ0) is 16.8. The van der Waals surface area contributed by atoms with Gasteiger partial charge >= 0.3 is 0 Å². The molecule has 1 atom stereocenters. The van der Waals surface area contributed by atoms with Crippen LogP contribution in [0.1, 0.15) is 29.3 Å². The zero-order valence-corrected chi connectivity index (χ0v) is 14.0. The number of nitrogens with zero attached hydrogens (tertiary/aromatic N) is 2. The zero-order valence-electron chi connectivity index (χ0n) is 14.0. The van der Waals surface area contributed by atoms with Crippen molar-refractivity contribution in [3.05, 3.63) is 53.3 Å². The maximum atomic E-state index is 12.2. The average molecular weight is 321 g/mol. The van der Waals surface area contributed by atoms with Crippen molar-refractivity contribution >= 4 is 22.6 Å². The number of nitrogens with one attached hydrogen (secondary N) is 1. The van der Waals surface area contributed by atoms with Crippen LogP contribution in [0.2, 0.25) is 0 Å². The second kappa shape index (κ2) is 5.37. The van der Waals surface area contributed by atoms with E-state index in [2.05, 4.69) is 22.0 Å². The van der Waals surface area contributed by atoms with Gasteiger partial charge in [0, 0.05) is 25.2 Å². The van der Waals surface area contributed by atoms with Crippen LogP contribution >= 0.6 is 0 Å². The predicted molar refractivity (Wildman–Crippen MR) is 93.5 cm³/mol. The molecular weight excluding hydrogens is 302 g/mol. The van der Waals surface area contributed by atoms with Crippen molar-refractivity contribution in [1.29, 1.82) is 0 Å². The summed E-state index contributed by atoms with van der Waals surface area (Å²) in [6.45, 7) is 2.02. The maximum Gasteiger partial charge on any atom is 0.225 e. The van der Waals surface area contributed by atoms with E-state index >= 15 is 0 Å². The molecular formula is C19H19N3O2. The van der Waals surface area contributed by atoms with Crippen LogP contribution in [-0.2, 0) is 11.8 Å². The number of anilines is 1. The molecule has 0 saturated carbocycles. The summed E-state index contributed by atoms with van der Waals surface area (Å²) in [4.78, 5) is 17.0. The molecule has 4 rings (SSSR count). The number of ether oxygens (including phenoxy) is 1. The molecule has 3 aromatic rings. The summed E-state index contributed by atoms with van der Waals surface area (Å²) in [6.07, 6.45) is 0.399. The van der Waals surface area contributed by atoms with Gasteiger partial charge in [-0.1, -0.05) is 12.1 Å². The molecule has 0 spiro atoms. The molecule has 0 radical (unpaired) electrons. The number of rotatable bonds is 2. The molecule has 0 bridgehead atoms. The van der Waals surface area contributed by atoms with Gasteiger partial charge in [0.1, 0.15) is 11.6 Å². The third kappa shape index (κ3) is 2.16. The van der Waals surface area contributed by atoms with Crippen LogP contribution in [-0.4, -0.2) is 22.6 Å². The van der Waals surface area contributed by atoms with E-state index < -0.39 is 0 Å². The highest BCUT2D eigenvalue weighted by molar-refractivity contribution is 5.95. The molecule has 1 aromatic heterocycles. The van der Waals surface area contributed by atoms with Gasteiger partial charge < -0.3 is 14.6 Å². The highest BCUT2D eigenvalue weighted by Gasteiger charge is 2.30. The molecule has 0 saturated heterocycles. The largest absolute Gasteiger partial charge is 0.496 e. The van der Waals surface area contributed by atoms with Gasteiger partial charge in [0.25, 0.3) is 0 Å². The highest BCUT2D eigenvalue weighted by Crippen LogP contribution is 2.40. The van der Waals surface area contributed by atoms with E-state index in [4.69, 9.17) is 9.72 Å². The Bertz CT molecular complexity index is 959. The van der Waals surface area contributed by atoms with E-state index in [1.54, 1.807) is 7.11 Å². The van der Waals surface area contributed by atoms with E-state index in [1.165, 1.54) is 0 Å². The fraction of sp³-hybridized carbons (Fsp3) is 0.263. The second-order valence-corrected chi connectivity index (χ2v) is 6.23. The summed E-state index contributed by atoms with van der Waals surface area (Å²) < 4.78 is 7.47. The third-order valence-electron chi connectivity index (χ3n) is 4.74. The van der Waals surface area contributed by atoms with Gasteiger partial charge in [-0.05, 0) is 36.2 Å². The van der Waals surface area contributed by atoms with Crippen molar-refractivity contribution in [3.63, 3.8) is 0 Å². The van der Waals surface area contributed by atoms with Crippen LogP contribution in [0.3, 0.4) is 0 Å². The van der Waals surface area contributed by atoms with Crippen molar-refractivity contribution in [2.24, 2.45) is 7.05 Å². The molecule has 5 nitrogen and oxygen atoms in total. The number of para-hydroxylation sites is 2. The number of hydrogen-bond acceptors (Lipinski definition) is 3. The Morgan fingerprint density at radius 2 is 2.08 bits per heavy atom. The normalized spacial score (nSPS) is 16.8. The Kier molecular flexibility index (Phi) is 3.30. The minimum absolute atomic E-state index is 0.00506. The summed E-state index contributed by atoms with van der Waals surface area (Å²) in [5.74, 6) is 1.64. The summed E-state index contributed by atoms with van der Waals surface area (Å²) in [5.41, 5.74) is 4.98. The van der Waals surface area contributed by atoms with Gasteiger partial charge in [-0.15, -0.1) is 0 Å². The SMILES string of the molecule is COc1cc2c(cc1C)C(c1nc3ccccc3n1C)CC(=O)N2. The van der Waals surface area contributed by atoms with Gasteiger partial charge in [0.15, 0.2) is 0 Å². The Balaban J connectivity index is 1.91. The van der Waals surface area contributed by atoms with Crippen molar-refractivity contribution < 1.29 is 9.53 Å². The van der Waals surface area contributed by atoms with Crippen molar-refractivity contribution in [2.75, 3.05) is 12.4 Å². The monoisotopic (exact) mass is 321 g/mol. The molecule has 1 aliphatic rings. The summed E-state index contributed by atoms with van der Waals surface area (Å²) in [6, 6.07) is 12.0. The van der Waals surface area contributed by atoms with E-state index in [1.807, 2.05) is 38.2 Å². The van der Waals surface area contributed by atoms with Crippen molar-refractivity contribution in [2.45, 2.75) is 19.3 Å². The number of carbonyl (C=O) groups is 1. The molecule has 5 heteroatoms. The van der Waals surface area contributed by atoms with E-state index in [0.717, 1.165) is 39.4 Å². The third-order valence-corrected chi connectivity index (χ3v) is 4.74. The quantitative estimate of drug-likeness (QED) is 0.787. The molecule has 2 heterocycles. The molecule has 1 unspecified atom stereocenters. The van der Waals surface area contributed by atoms with Gasteiger partial charge in [-0.25, -0.2) is 4.98 Å². The number of fused-ring (bicyclic) bond motifs is 2. The van der Waals surface area contributed by atoms with Crippen LogP contribution in [0.15, 0.2) is 36.4 Å². The molecule has 0 fully saturated rings. The van der Waals surface area contributed by atoms with Crippen LogP contribution in [0, 0.1) is 6.92 Å². The summed E-state index contributed by atoms with van der Waals surface area (Å²) in [5, 5.41) is 2.96. The predicted octanol–water partition coefficient (Wildman–Crippen LogP) is 3.36. The molecule has 1 aliphatic heterocycles. The number of benzene rings is 2. The van der Waals surface area contributed by atoms with Crippen molar-refractivity contribution in [1.82, 2.24) is 9.55 Å². The lowest BCUT2D eigenvalue weighted by molar-refractivity contribution is -0.116. The van der Waals surface area contributed by atoms with Gasteiger partial charge in [0.05, 0.1) is 24.1 Å². The number of aryl methyl sites for hydroxylation is 2. The summed E-state index contributed by atoms with van der Waals surface area (Å²) >= 11 is 0. The number of aromatic nitrogens is 2. The molecule has 0 aliphatic carbocycles. The number of imidazole rings is 1. The Labute approximate surface area is 140 Å². The molecule has 2 aromatic carbocycles. The van der Waals surface area contributed by atoms with Gasteiger partial charge in [0.2, 0.25) is 5.91 Å². The standard InChI is InChI=1S/C19H19N3O2/c1-11-8-12-13(9-18(23)20-15(12)10-17(11)24-3)19-21-14-6-4-5-7-16(14)22(19)2/h4-8,10,13H,9H2,1-3H3,(H,20,23).